The minimum atomic E-state index is -0.252. The van der Waals surface area contributed by atoms with Gasteiger partial charge in [0.1, 0.15) is 5.69 Å². The number of rotatable bonds is 4. The van der Waals surface area contributed by atoms with Crippen LogP contribution >= 0.6 is 11.3 Å². The highest BCUT2D eigenvalue weighted by Crippen LogP contribution is 2.29. The first-order valence-electron chi connectivity index (χ1n) is 9.98. The van der Waals surface area contributed by atoms with E-state index in [1.54, 1.807) is 0 Å². The number of nitrogens with zero attached hydrogens (tertiary/aromatic N) is 3. The number of nitrogens with one attached hydrogen (secondary N) is 2. The Hall–Kier alpha value is -2.49. The Bertz CT molecular complexity index is 939. The largest absolute Gasteiger partial charge is 0.346 e. The summed E-state index contributed by atoms with van der Waals surface area (Å²) in [5, 5.41) is 8.94. The summed E-state index contributed by atoms with van der Waals surface area (Å²) >= 11 is 1.45. The Morgan fingerprint density at radius 2 is 1.67 bits per heavy atom. The third-order valence-electron chi connectivity index (χ3n) is 4.70. The summed E-state index contributed by atoms with van der Waals surface area (Å²) in [5.74, 6) is 0. The van der Waals surface area contributed by atoms with E-state index >= 15 is 0 Å². The topological polar surface area (TPSA) is 80.7 Å². The molecule has 7 nitrogen and oxygen atoms in total. The summed E-state index contributed by atoms with van der Waals surface area (Å²) in [7, 11) is 0. The van der Waals surface area contributed by atoms with Crippen LogP contribution in [0.2, 0.25) is 0 Å². The van der Waals surface area contributed by atoms with Gasteiger partial charge in [0.25, 0.3) is 0 Å². The quantitative estimate of drug-likeness (QED) is 0.622. The summed E-state index contributed by atoms with van der Waals surface area (Å²) in [6.07, 6.45) is 1.03. The van der Waals surface area contributed by atoms with E-state index < -0.39 is 0 Å². The monoisotopic (exact) mass is 423 g/mol. The van der Waals surface area contributed by atoms with Crippen LogP contribution in [0, 0.1) is 0 Å². The summed E-state index contributed by atoms with van der Waals surface area (Å²) < 4.78 is 11.0. The lowest BCUT2D eigenvalue weighted by Crippen LogP contribution is -2.37. The van der Waals surface area contributed by atoms with Crippen LogP contribution in [0.1, 0.15) is 18.3 Å². The van der Waals surface area contributed by atoms with Gasteiger partial charge in [0.15, 0.2) is 6.29 Å². The zero-order valence-electron chi connectivity index (χ0n) is 16.7. The molecule has 2 aromatic heterocycles. The van der Waals surface area contributed by atoms with Crippen molar-refractivity contribution in [3.8, 4) is 22.6 Å². The standard InChI is InChI=1S/C18H15N3O2S.C4H10N2/c1-19-18-21-16(11-24-18)15-4-2-3-14(20-15)12-5-7-13(8-6-12)17-22-9-10-23-17;1-2-5-4-6-3-1/h2-8,11,17H,1,9-10H2;5-6H,1-4H2. The Kier molecular flexibility index (Phi) is 7.28. The van der Waals surface area contributed by atoms with Gasteiger partial charge in [-0.3, -0.25) is 0 Å². The SMILES string of the molecule is C1CNCNC1.C=Nc1nc(-c2cccc(-c3ccc(C4OCCO4)cc3)n2)cs1. The average molecular weight is 424 g/mol. The zero-order valence-corrected chi connectivity index (χ0v) is 17.5. The molecule has 0 aliphatic carbocycles. The lowest BCUT2D eigenvalue weighted by Gasteiger charge is -2.11. The van der Waals surface area contributed by atoms with Crippen molar-refractivity contribution in [1.82, 2.24) is 20.6 Å². The molecule has 0 bridgehead atoms. The van der Waals surface area contributed by atoms with E-state index in [9.17, 15) is 0 Å². The molecule has 1 aromatic carbocycles. The van der Waals surface area contributed by atoms with Gasteiger partial charge in [0, 0.05) is 23.2 Å². The number of hydrogen-bond donors (Lipinski definition) is 2. The van der Waals surface area contributed by atoms with Crippen LogP contribution in [0.25, 0.3) is 22.6 Å². The second-order valence-corrected chi connectivity index (χ2v) is 7.64. The number of ether oxygens (including phenoxy) is 2. The third kappa shape index (κ3) is 5.35. The average Bonchev–Trinajstić information content (AvgIpc) is 3.53. The fraction of sp³-hybridized carbons (Fsp3) is 0.318. The van der Waals surface area contributed by atoms with Crippen molar-refractivity contribution in [2.75, 3.05) is 33.0 Å². The molecule has 0 spiro atoms. The number of thiazole rings is 1. The summed E-state index contributed by atoms with van der Waals surface area (Å²) in [6, 6.07) is 14.0. The third-order valence-corrected chi connectivity index (χ3v) is 5.47. The second kappa shape index (κ2) is 10.5. The first-order valence-corrected chi connectivity index (χ1v) is 10.9. The van der Waals surface area contributed by atoms with Gasteiger partial charge in [-0.25, -0.2) is 15.0 Å². The van der Waals surface area contributed by atoms with E-state index in [0.29, 0.717) is 18.3 Å². The lowest BCUT2D eigenvalue weighted by atomic mass is 10.1. The number of aliphatic imine (C=N–C) groups is 1. The molecule has 3 aromatic rings. The molecular weight excluding hydrogens is 398 g/mol. The first-order chi connectivity index (χ1) is 14.8. The Labute approximate surface area is 180 Å². The van der Waals surface area contributed by atoms with E-state index in [0.717, 1.165) is 34.9 Å². The molecule has 5 rings (SSSR count). The van der Waals surface area contributed by atoms with Gasteiger partial charge in [-0.2, -0.15) is 0 Å². The zero-order chi connectivity index (χ0) is 20.6. The maximum absolute atomic E-state index is 5.52. The molecule has 0 unspecified atom stereocenters. The van der Waals surface area contributed by atoms with Crippen molar-refractivity contribution in [3.63, 3.8) is 0 Å². The van der Waals surface area contributed by atoms with E-state index in [4.69, 9.17) is 14.5 Å². The first kappa shape index (κ1) is 20.8. The number of pyridine rings is 1. The maximum atomic E-state index is 5.52. The van der Waals surface area contributed by atoms with Crippen molar-refractivity contribution in [2.24, 2.45) is 4.99 Å². The minimum Gasteiger partial charge on any atom is -0.346 e. The molecule has 2 N–H and O–H groups in total. The van der Waals surface area contributed by atoms with Crippen LogP contribution in [0.5, 0.6) is 0 Å². The van der Waals surface area contributed by atoms with Crippen molar-refractivity contribution in [1.29, 1.82) is 0 Å². The van der Waals surface area contributed by atoms with Gasteiger partial charge in [0.2, 0.25) is 5.13 Å². The fourth-order valence-corrected chi connectivity index (χ4v) is 3.77. The maximum Gasteiger partial charge on any atom is 0.209 e. The van der Waals surface area contributed by atoms with Crippen molar-refractivity contribution >= 4 is 23.2 Å². The van der Waals surface area contributed by atoms with E-state index in [2.05, 4.69) is 27.3 Å². The molecule has 2 aliphatic heterocycles. The highest BCUT2D eigenvalue weighted by molar-refractivity contribution is 7.13. The smallest absolute Gasteiger partial charge is 0.209 e. The highest BCUT2D eigenvalue weighted by Gasteiger charge is 2.18. The number of benzene rings is 1. The van der Waals surface area contributed by atoms with Crippen LogP contribution in [0.4, 0.5) is 5.13 Å². The number of aromatic nitrogens is 2. The summed E-state index contributed by atoms with van der Waals surface area (Å²) in [6.45, 7) is 8.16. The van der Waals surface area contributed by atoms with Crippen LogP contribution < -0.4 is 10.6 Å². The van der Waals surface area contributed by atoms with Gasteiger partial charge in [0.05, 0.1) is 24.6 Å². The van der Waals surface area contributed by atoms with Crippen molar-refractivity contribution in [2.45, 2.75) is 12.7 Å². The molecular formula is C22H25N5O2S. The minimum absolute atomic E-state index is 0.252. The second-order valence-electron chi connectivity index (χ2n) is 6.81. The molecule has 156 valence electrons. The van der Waals surface area contributed by atoms with Crippen LogP contribution in [0.3, 0.4) is 0 Å². The van der Waals surface area contributed by atoms with Crippen molar-refractivity contribution < 1.29 is 9.47 Å². The van der Waals surface area contributed by atoms with E-state index in [1.807, 2.05) is 47.8 Å². The normalized spacial score (nSPS) is 16.7. The molecule has 8 heteroatoms. The molecule has 4 heterocycles. The summed E-state index contributed by atoms with van der Waals surface area (Å²) in [5.41, 5.74) is 4.59. The predicted molar refractivity (Wildman–Crippen MR) is 120 cm³/mol. The Morgan fingerprint density at radius 1 is 0.933 bits per heavy atom. The van der Waals surface area contributed by atoms with Crippen molar-refractivity contribution in [3.05, 3.63) is 53.4 Å². The molecule has 0 amide bonds. The van der Waals surface area contributed by atoms with E-state index in [-0.39, 0.29) is 6.29 Å². The molecule has 0 radical (unpaired) electrons. The highest BCUT2D eigenvalue weighted by atomic mass is 32.1. The van der Waals surface area contributed by atoms with Crippen LogP contribution in [0.15, 0.2) is 52.8 Å². The summed E-state index contributed by atoms with van der Waals surface area (Å²) in [4.78, 5) is 13.0. The fourth-order valence-electron chi connectivity index (χ4n) is 3.16. The van der Waals surface area contributed by atoms with E-state index in [1.165, 1.54) is 30.8 Å². The Balaban J connectivity index is 0.000000313. The van der Waals surface area contributed by atoms with Gasteiger partial charge in [-0.15, -0.1) is 11.3 Å². The lowest BCUT2D eigenvalue weighted by molar-refractivity contribution is -0.0441. The predicted octanol–water partition coefficient (Wildman–Crippen LogP) is 3.78. The molecule has 0 atom stereocenters. The van der Waals surface area contributed by atoms with Gasteiger partial charge >= 0.3 is 0 Å². The molecule has 2 saturated heterocycles. The molecule has 2 aliphatic rings. The number of hydrogen-bond acceptors (Lipinski definition) is 8. The van der Waals surface area contributed by atoms with Gasteiger partial charge in [-0.1, -0.05) is 30.3 Å². The van der Waals surface area contributed by atoms with Crippen LogP contribution in [-0.2, 0) is 9.47 Å². The molecule has 30 heavy (non-hydrogen) atoms. The molecule has 2 fully saturated rings. The van der Waals surface area contributed by atoms with Gasteiger partial charge < -0.3 is 20.1 Å². The molecule has 0 saturated carbocycles. The Morgan fingerprint density at radius 3 is 2.27 bits per heavy atom. The van der Waals surface area contributed by atoms with Crippen LogP contribution in [-0.4, -0.2) is 49.7 Å². The van der Waals surface area contributed by atoms with Gasteiger partial charge in [-0.05, 0) is 38.4 Å².